The molecule has 0 radical (unpaired) electrons. The number of hydrogen-bond donors (Lipinski definition) is 0. The molecular formula is C18H22N2O. The van der Waals surface area contributed by atoms with Crippen molar-refractivity contribution >= 4 is 17.3 Å². The predicted molar refractivity (Wildman–Crippen MR) is 86.4 cm³/mol. The van der Waals surface area contributed by atoms with Crippen LogP contribution < -0.4 is 9.80 Å². The number of carbonyl (C=O) groups is 1. The third-order valence-corrected chi connectivity index (χ3v) is 4.48. The second-order valence-corrected chi connectivity index (χ2v) is 5.96. The molecule has 1 unspecified atom stereocenters. The Morgan fingerprint density at radius 3 is 2.33 bits per heavy atom. The average Bonchev–Trinajstić information content (AvgIpc) is 2.73. The van der Waals surface area contributed by atoms with E-state index in [4.69, 9.17) is 6.42 Å². The van der Waals surface area contributed by atoms with E-state index in [0.717, 1.165) is 18.8 Å². The number of hydrogen-bond acceptors (Lipinski definition) is 2. The van der Waals surface area contributed by atoms with Crippen molar-refractivity contribution in [2.45, 2.75) is 32.1 Å². The van der Waals surface area contributed by atoms with Crippen molar-refractivity contribution in [2.75, 3.05) is 29.4 Å². The van der Waals surface area contributed by atoms with Gasteiger partial charge in [0.2, 0.25) is 5.91 Å². The summed E-state index contributed by atoms with van der Waals surface area (Å²) in [6.45, 7) is 2.81. The van der Waals surface area contributed by atoms with E-state index in [9.17, 15) is 4.79 Å². The van der Waals surface area contributed by atoms with Gasteiger partial charge in [-0.05, 0) is 25.0 Å². The third kappa shape index (κ3) is 2.90. The monoisotopic (exact) mass is 282 g/mol. The number of anilines is 2. The first-order valence-electron chi connectivity index (χ1n) is 7.90. The SMILES string of the molecule is C#CC1CC(=O)N(c2ccccc2N2CCCCCC2)C1. The number of nitrogens with zero attached hydrogens (tertiary/aromatic N) is 2. The zero-order valence-corrected chi connectivity index (χ0v) is 12.4. The lowest BCUT2D eigenvalue weighted by atomic mass is 10.1. The van der Waals surface area contributed by atoms with Crippen LogP contribution in [0.4, 0.5) is 11.4 Å². The van der Waals surface area contributed by atoms with E-state index in [1.54, 1.807) is 0 Å². The van der Waals surface area contributed by atoms with Crippen LogP contribution in [0.25, 0.3) is 0 Å². The molecule has 2 saturated heterocycles. The molecule has 3 nitrogen and oxygen atoms in total. The molecule has 0 saturated carbocycles. The van der Waals surface area contributed by atoms with Crippen LogP contribution in [0.15, 0.2) is 24.3 Å². The largest absolute Gasteiger partial charge is 0.370 e. The van der Waals surface area contributed by atoms with Gasteiger partial charge in [-0.25, -0.2) is 0 Å². The Kier molecular flexibility index (Phi) is 4.15. The van der Waals surface area contributed by atoms with Gasteiger partial charge in [0.25, 0.3) is 0 Å². The highest BCUT2D eigenvalue weighted by Gasteiger charge is 2.31. The van der Waals surface area contributed by atoms with Crippen LogP contribution in [0.5, 0.6) is 0 Å². The number of para-hydroxylation sites is 2. The molecule has 0 aromatic heterocycles. The number of carbonyl (C=O) groups excluding carboxylic acids is 1. The first-order valence-corrected chi connectivity index (χ1v) is 7.90. The van der Waals surface area contributed by atoms with E-state index < -0.39 is 0 Å². The van der Waals surface area contributed by atoms with Crippen LogP contribution >= 0.6 is 0 Å². The molecule has 1 atom stereocenters. The van der Waals surface area contributed by atoms with Gasteiger partial charge in [-0.3, -0.25) is 4.79 Å². The maximum atomic E-state index is 12.3. The number of terminal acetylenes is 1. The van der Waals surface area contributed by atoms with Crippen LogP contribution in [0, 0.1) is 18.3 Å². The minimum Gasteiger partial charge on any atom is -0.370 e. The second kappa shape index (κ2) is 6.22. The van der Waals surface area contributed by atoms with Crippen LogP contribution in [-0.4, -0.2) is 25.5 Å². The fourth-order valence-corrected chi connectivity index (χ4v) is 3.32. The molecule has 2 aliphatic rings. The van der Waals surface area contributed by atoms with Crippen molar-refractivity contribution in [2.24, 2.45) is 5.92 Å². The predicted octanol–water partition coefficient (Wildman–Crippen LogP) is 3.05. The summed E-state index contributed by atoms with van der Waals surface area (Å²) in [6.07, 6.45) is 11.1. The summed E-state index contributed by atoms with van der Waals surface area (Å²) in [4.78, 5) is 16.6. The molecule has 2 fully saturated rings. The fraction of sp³-hybridized carbons (Fsp3) is 0.500. The highest BCUT2D eigenvalue weighted by molar-refractivity contribution is 5.99. The Hall–Kier alpha value is -1.95. The van der Waals surface area contributed by atoms with Gasteiger partial charge >= 0.3 is 0 Å². The number of amides is 1. The van der Waals surface area contributed by atoms with Gasteiger partial charge in [0, 0.05) is 32.0 Å². The summed E-state index contributed by atoms with van der Waals surface area (Å²) in [5.41, 5.74) is 2.22. The normalized spacial score (nSPS) is 23.0. The van der Waals surface area contributed by atoms with E-state index in [0.29, 0.717) is 13.0 Å². The molecule has 0 spiro atoms. The molecule has 1 amide bonds. The van der Waals surface area contributed by atoms with Crippen LogP contribution in [0.1, 0.15) is 32.1 Å². The maximum Gasteiger partial charge on any atom is 0.228 e. The molecule has 1 aromatic carbocycles. The summed E-state index contributed by atoms with van der Waals surface area (Å²) >= 11 is 0. The van der Waals surface area contributed by atoms with Crippen LogP contribution in [0.2, 0.25) is 0 Å². The molecule has 3 rings (SSSR count). The highest BCUT2D eigenvalue weighted by Crippen LogP contribution is 2.34. The van der Waals surface area contributed by atoms with E-state index in [-0.39, 0.29) is 11.8 Å². The molecule has 0 aliphatic carbocycles. The summed E-state index contributed by atoms with van der Waals surface area (Å²) in [5, 5.41) is 0. The van der Waals surface area contributed by atoms with Gasteiger partial charge in [0.1, 0.15) is 0 Å². The number of benzene rings is 1. The smallest absolute Gasteiger partial charge is 0.228 e. The maximum absolute atomic E-state index is 12.3. The fourth-order valence-electron chi connectivity index (χ4n) is 3.32. The zero-order chi connectivity index (χ0) is 14.7. The van der Waals surface area contributed by atoms with Gasteiger partial charge < -0.3 is 9.80 Å². The second-order valence-electron chi connectivity index (χ2n) is 5.96. The summed E-state index contributed by atoms with van der Waals surface area (Å²) < 4.78 is 0. The topological polar surface area (TPSA) is 23.6 Å². The van der Waals surface area contributed by atoms with E-state index in [1.807, 2.05) is 11.0 Å². The molecule has 0 bridgehead atoms. The van der Waals surface area contributed by atoms with Crippen molar-refractivity contribution in [1.82, 2.24) is 0 Å². The molecule has 1 aromatic rings. The zero-order valence-electron chi connectivity index (χ0n) is 12.4. The third-order valence-electron chi connectivity index (χ3n) is 4.48. The summed E-state index contributed by atoms with van der Waals surface area (Å²) in [6, 6.07) is 8.25. The lowest BCUT2D eigenvalue weighted by Crippen LogP contribution is -2.30. The van der Waals surface area contributed by atoms with Gasteiger partial charge in [0.15, 0.2) is 0 Å². The molecule has 3 heteroatoms. The standard InChI is InChI=1S/C18H22N2O/c1-2-15-13-18(21)20(14-15)17-10-6-5-9-16(17)19-11-7-3-4-8-12-19/h1,5-6,9-10,15H,3-4,7-8,11-14H2. The highest BCUT2D eigenvalue weighted by atomic mass is 16.2. The minimum absolute atomic E-state index is 0.0506. The quantitative estimate of drug-likeness (QED) is 0.778. The lowest BCUT2D eigenvalue weighted by Gasteiger charge is -2.28. The van der Waals surface area contributed by atoms with Gasteiger partial charge in [-0.1, -0.05) is 25.0 Å². The Labute approximate surface area is 126 Å². The summed E-state index contributed by atoms with van der Waals surface area (Å²) in [7, 11) is 0. The average molecular weight is 282 g/mol. The molecular weight excluding hydrogens is 260 g/mol. The van der Waals surface area contributed by atoms with E-state index in [1.165, 1.54) is 31.4 Å². The van der Waals surface area contributed by atoms with Gasteiger partial charge in [-0.2, -0.15) is 0 Å². The molecule has 0 N–H and O–H groups in total. The molecule has 2 aliphatic heterocycles. The minimum atomic E-state index is 0.0506. The van der Waals surface area contributed by atoms with Crippen LogP contribution in [-0.2, 0) is 4.79 Å². The van der Waals surface area contributed by atoms with E-state index in [2.05, 4.69) is 29.0 Å². The van der Waals surface area contributed by atoms with Crippen molar-refractivity contribution in [3.8, 4) is 12.3 Å². The Balaban J connectivity index is 1.89. The Bertz CT molecular complexity index is 553. The van der Waals surface area contributed by atoms with E-state index >= 15 is 0 Å². The first-order chi connectivity index (χ1) is 10.3. The molecule has 21 heavy (non-hydrogen) atoms. The Morgan fingerprint density at radius 1 is 1.05 bits per heavy atom. The molecule has 2 heterocycles. The van der Waals surface area contributed by atoms with Crippen molar-refractivity contribution < 1.29 is 4.79 Å². The van der Waals surface area contributed by atoms with Gasteiger partial charge in [-0.15, -0.1) is 12.3 Å². The first kappa shape index (κ1) is 14.0. The molecule has 110 valence electrons. The summed E-state index contributed by atoms with van der Waals surface area (Å²) in [5.74, 6) is 2.93. The number of rotatable bonds is 2. The van der Waals surface area contributed by atoms with Gasteiger partial charge in [0.05, 0.1) is 11.4 Å². The lowest BCUT2D eigenvalue weighted by molar-refractivity contribution is -0.117. The van der Waals surface area contributed by atoms with Crippen molar-refractivity contribution in [1.29, 1.82) is 0 Å². The van der Waals surface area contributed by atoms with Crippen LogP contribution in [0.3, 0.4) is 0 Å². The Morgan fingerprint density at radius 2 is 1.71 bits per heavy atom. The van der Waals surface area contributed by atoms with Crippen molar-refractivity contribution in [3.63, 3.8) is 0 Å². The van der Waals surface area contributed by atoms with Crippen molar-refractivity contribution in [3.05, 3.63) is 24.3 Å².